The van der Waals surface area contributed by atoms with E-state index in [9.17, 15) is 8.42 Å². The van der Waals surface area contributed by atoms with Crippen molar-refractivity contribution in [3.8, 4) is 0 Å². The number of rotatable bonds is 2. The summed E-state index contributed by atoms with van der Waals surface area (Å²) in [5.74, 6) is 0.706. The molecule has 108 valence electrons. The lowest BCUT2D eigenvalue weighted by atomic mass is 9.80. The van der Waals surface area contributed by atoms with E-state index in [1.165, 1.54) is 6.54 Å². The molecule has 1 aromatic carbocycles. The Kier molecular flexibility index (Phi) is 2.75. The smallest absolute Gasteiger partial charge is 0.243 e. The predicted molar refractivity (Wildman–Crippen MR) is 76.9 cm³/mol. The van der Waals surface area contributed by atoms with Crippen LogP contribution in [-0.4, -0.2) is 49.3 Å². The minimum absolute atomic E-state index is 0.188. The number of sulfonamides is 1. The second-order valence-corrected chi connectivity index (χ2v) is 8.35. The van der Waals surface area contributed by atoms with Gasteiger partial charge in [0.25, 0.3) is 0 Å². The molecule has 2 atom stereocenters. The van der Waals surface area contributed by atoms with E-state index in [-0.39, 0.29) is 12.1 Å². The van der Waals surface area contributed by atoms with Crippen LogP contribution in [0.4, 0.5) is 0 Å². The Morgan fingerprint density at radius 2 is 1.60 bits per heavy atom. The molecule has 5 heteroatoms. The molecule has 0 saturated carbocycles. The number of aryl methyl sites for hydroxylation is 1. The van der Waals surface area contributed by atoms with E-state index in [0.29, 0.717) is 10.8 Å². The van der Waals surface area contributed by atoms with Gasteiger partial charge in [0.2, 0.25) is 10.0 Å². The predicted octanol–water partition coefficient (Wildman–Crippen LogP) is 1.46. The third kappa shape index (κ3) is 1.84. The van der Waals surface area contributed by atoms with Gasteiger partial charge in [0, 0.05) is 31.7 Å². The fourth-order valence-corrected chi connectivity index (χ4v) is 6.05. The van der Waals surface area contributed by atoms with Gasteiger partial charge >= 0.3 is 0 Å². The van der Waals surface area contributed by atoms with Crippen LogP contribution in [0.1, 0.15) is 18.4 Å². The molecule has 4 saturated heterocycles. The van der Waals surface area contributed by atoms with Crippen molar-refractivity contribution in [1.29, 1.82) is 0 Å². The molecule has 4 heterocycles. The van der Waals surface area contributed by atoms with Crippen molar-refractivity contribution in [2.45, 2.75) is 36.7 Å². The summed E-state index contributed by atoms with van der Waals surface area (Å²) in [4.78, 5) is 2.89. The number of hydrogen-bond acceptors (Lipinski definition) is 3. The van der Waals surface area contributed by atoms with Gasteiger partial charge in [-0.3, -0.25) is 4.90 Å². The average Bonchev–Trinajstić information content (AvgIpc) is 2.37. The summed E-state index contributed by atoms with van der Waals surface area (Å²) in [6.07, 6.45) is 2.08. The van der Waals surface area contributed by atoms with Crippen LogP contribution in [0.3, 0.4) is 0 Å². The highest BCUT2D eigenvalue weighted by atomic mass is 32.2. The summed E-state index contributed by atoms with van der Waals surface area (Å²) < 4.78 is 27.7. The Labute approximate surface area is 120 Å². The van der Waals surface area contributed by atoms with Crippen LogP contribution in [0.25, 0.3) is 0 Å². The minimum atomic E-state index is -3.33. The third-order valence-corrected chi connectivity index (χ3v) is 7.00. The number of benzene rings is 1. The Morgan fingerprint density at radius 1 is 1.00 bits per heavy atom. The molecule has 0 radical (unpaired) electrons. The molecule has 2 unspecified atom stereocenters. The zero-order valence-corrected chi connectivity index (χ0v) is 12.5. The fourth-order valence-electron chi connectivity index (χ4n) is 4.24. The van der Waals surface area contributed by atoms with Gasteiger partial charge in [-0.2, -0.15) is 4.31 Å². The normalized spacial score (nSPS) is 36.5. The van der Waals surface area contributed by atoms with Crippen molar-refractivity contribution in [3.05, 3.63) is 29.8 Å². The zero-order chi connectivity index (χ0) is 13.9. The van der Waals surface area contributed by atoms with E-state index >= 15 is 0 Å². The Balaban J connectivity index is 1.71. The Bertz CT molecular complexity index is 596. The molecular formula is C15H20N2O2S. The second kappa shape index (κ2) is 4.29. The number of nitrogens with zero attached hydrogens (tertiary/aromatic N) is 2. The second-order valence-electron chi connectivity index (χ2n) is 6.51. The molecule has 4 nitrogen and oxygen atoms in total. The van der Waals surface area contributed by atoms with Gasteiger partial charge in [-0.05, 0) is 37.8 Å². The lowest BCUT2D eigenvalue weighted by molar-refractivity contribution is -0.0372. The maximum atomic E-state index is 12.9. The van der Waals surface area contributed by atoms with Gasteiger partial charge in [-0.25, -0.2) is 8.42 Å². The van der Waals surface area contributed by atoms with E-state index in [0.717, 1.165) is 31.5 Å². The van der Waals surface area contributed by atoms with Crippen molar-refractivity contribution in [2.75, 3.05) is 19.6 Å². The molecule has 4 aliphatic rings. The molecule has 20 heavy (non-hydrogen) atoms. The van der Waals surface area contributed by atoms with Crippen LogP contribution < -0.4 is 0 Å². The molecule has 0 aromatic heterocycles. The van der Waals surface area contributed by atoms with Gasteiger partial charge in [0.15, 0.2) is 0 Å². The zero-order valence-electron chi connectivity index (χ0n) is 11.7. The van der Waals surface area contributed by atoms with Crippen molar-refractivity contribution in [3.63, 3.8) is 0 Å². The maximum absolute atomic E-state index is 12.9. The molecule has 0 amide bonds. The first-order chi connectivity index (χ1) is 9.54. The maximum Gasteiger partial charge on any atom is 0.243 e. The van der Waals surface area contributed by atoms with Crippen LogP contribution in [0.2, 0.25) is 0 Å². The van der Waals surface area contributed by atoms with Gasteiger partial charge in [0.05, 0.1) is 4.90 Å². The Morgan fingerprint density at radius 3 is 2.15 bits per heavy atom. The third-order valence-electron chi connectivity index (χ3n) is 4.98. The lowest BCUT2D eigenvalue weighted by Gasteiger charge is -2.56. The first kappa shape index (κ1) is 12.8. The van der Waals surface area contributed by atoms with E-state index in [2.05, 4.69) is 4.90 Å². The van der Waals surface area contributed by atoms with Crippen molar-refractivity contribution >= 4 is 10.0 Å². The van der Waals surface area contributed by atoms with Crippen LogP contribution in [-0.2, 0) is 10.0 Å². The summed E-state index contributed by atoms with van der Waals surface area (Å²) in [6, 6.07) is 7.63. The molecule has 5 rings (SSSR count). The summed E-state index contributed by atoms with van der Waals surface area (Å²) in [7, 11) is -3.33. The van der Waals surface area contributed by atoms with Gasteiger partial charge < -0.3 is 0 Å². The van der Waals surface area contributed by atoms with Crippen LogP contribution >= 0.6 is 0 Å². The quantitative estimate of drug-likeness (QED) is 0.828. The molecule has 0 spiro atoms. The molecule has 4 fully saturated rings. The SMILES string of the molecule is Cc1ccc(S(=O)(=O)N2C3CC4CC2CN(C4)C3)cc1. The highest BCUT2D eigenvalue weighted by Crippen LogP contribution is 2.41. The Hall–Kier alpha value is -0.910. The number of piperazine rings is 1. The first-order valence-corrected chi connectivity index (χ1v) is 8.80. The van der Waals surface area contributed by atoms with Crippen molar-refractivity contribution in [1.82, 2.24) is 9.21 Å². The topological polar surface area (TPSA) is 40.6 Å². The first-order valence-electron chi connectivity index (χ1n) is 7.36. The van der Waals surface area contributed by atoms with Crippen molar-refractivity contribution < 1.29 is 8.42 Å². The molecular weight excluding hydrogens is 272 g/mol. The number of hydrogen-bond donors (Lipinski definition) is 0. The molecule has 4 aliphatic heterocycles. The van der Waals surface area contributed by atoms with Crippen LogP contribution in [0.5, 0.6) is 0 Å². The van der Waals surface area contributed by atoms with E-state index in [4.69, 9.17) is 0 Å². The molecule has 4 bridgehead atoms. The fraction of sp³-hybridized carbons (Fsp3) is 0.600. The highest BCUT2D eigenvalue weighted by molar-refractivity contribution is 7.89. The lowest BCUT2D eigenvalue weighted by Crippen LogP contribution is -2.68. The highest BCUT2D eigenvalue weighted by Gasteiger charge is 2.50. The molecule has 1 aromatic rings. The van der Waals surface area contributed by atoms with Crippen molar-refractivity contribution in [2.24, 2.45) is 5.92 Å². The van der Waals surface area contributed by atoms with E-state index in [1.54, 1.807) is 12.1 Å². The van der Waals surface area contributed by atoms with E-state index < -0.39 is 10.0 Å². The van der Waals surface area contributed by atoms with Crippen LogP contribution in [0, 0.1) is 12.8 Å². The molecule has 0 N–H and O–H groups in total. The minimum Gasteiger partial charge on any atom is -0.300 e. The summed E-state index contributed by atoms with van der Waals surface area (Å²) in [5.41, 5.74) is 1.09. The summed E-state index contributed by atoms with van der Waals surface area (Å²) in [6.45, 7) is 4.98. The molecule has 0 aliphatic carbocycles. The van der Waals surface area contributed by atoms with Gasteiger partial charge in [-0.15, -0.1) is 0 Å². The average molecular weight is 292 g/mol. The monoisotopic (exact) mass is 292 g/mol. The number of piperidine rings is 3. The standard InChI is InChI=1S/C15H20N2O2S/c1-11-2-4-15(5-3-11)20(18,19)17-13-6-12-7-14(17)10-16(8-12)9-13/h2-5,12-14H,6-10H2,1H3. The van der Waals surface area contributed by atoms with Gasteiger partial charge in [-0.1, -0.05) is 17.7 Å². The largest absolute Gasteiger partial charge is 0.300 e. The summed E-state index contributed by atoms with van der Waals surface area (Å²) in [5, 5.41) is 0. The van der Waals surface area contributed by atoms with Crippen LogP contribution in [0.15, 0.2) is 29.2 Å². The van der Waals surface area contributed by atoms with Gasteiger partial charge in [0.1, 0.15) is 0 Å². The summed E-state index contributed by atoms with van der Waals surface area (Å²) >= 11 is 0. The van der Waals surface area contributed by atoms with E-state index in [1.807, 2.05) is 23.4 Å².